The topological polar surface area (TPSA) is 78.4 Å². The van der Waals surface area contributed by atoms with Gasteiger partial charge in [-0.05, 0) is 24.7 Å². The molecule has 1 atom stereocenters. The van der Waals surface area contributed by atoms with Crippen LogP contribution in [0.5, 0.6) is 0 Å². The van der Waals surface area contributed by atoms with Gasteiger partial charge in [0.15, 0.2) is 10.8 Å². The summed E-state index contributed by atoms with van der Waals surface area (Å²) in [5, 5.41) is 0.487. The molecule has 1 heterocycles. The van der Waals surface area contributed by atoms with Gasteiger partial charge in [-0.3, -0.25) is 0 Å². The molecule has 1 unspecified atom stereocenters. The van der Waals surface area contributed by atoms with Crippen molar-refractivity contribution in [2.24, 2.45) is 0 Å². The van der Waals surface area contributed by atoms with Crippen LogP contribution in [0.3, 0.4) is 0 Å². The first-order valence-electron chi connectivity index (χ1n) is 3.76. The minimum Gasteiger partial charge on any atom is -0.182 e. The van der Waals surface area contributed by atoms with Gasteiger partial charge in [-0.1, -0.05) is 11.6 Å². The van der Waals surface area contributed by atoms with Gasteiger partial charge < -0.3 is 0 Å². The zero-order valence-electron chi connectivity index (χ0n) is 8.27. The molecule has 0 N–H and O–H groups in total. The van der Waals surface area contributed by atoms with Crippen molar-refractivity contribution >= 4 is 50.1 Å². The second kappa shape index (κ2) is 6.12. The van der Waals surface area contributed by atoms with Crippen molar-refractivity contribution < 1.29 is 28.0 Å². The molecule has 0 aromatic rings. The Bertz CT molecular complexity index is 372. The highest BCUT2D eigenvalue weighted by Crippen LogP contribution is 2.43. The molecule has 4 nitrogen and oxygen atoms in total. The molecule has 0 radical (unpaired) electrons. The lowest BCUT2D eigenvalue weighted by Gasteiger charge is -2.18. The lowest BCUT2D eigenvalue weighted by molar-refractivity contribution is -1.91. The highest BCUT2D eigenvalue weighted by Gasteiger charge is 2.29. The van der Waals surface area contributed by atoms with Gasteiger partial charge in [0.1, 0.15) is 3.74 Å². The molecule has 0 aromatic carbocycles. The van der Waals surface area contributed by atoms with E-state index in [9.17, 15) is 14.0 Å². The summed E-state index contributed by atoms with van der Waals surface area (Å²) in [6.07, 6.45) is 6.71. The highest BCUT2D eigenvalue weighted by atomic mass is 35.7. The average molecular weight is 323 g/mol. The molecule has 9 heteroatoms. The summed E-state index contributed by atoms with van der Waals surface area (Å²) in [7, 11) is -5.63. The minimum atomic E-state index is -4.45. The van der Waals surface area contributed by atoms with E-state index in [-0.39, 0.29) is 0 Å². The minimum absolute atomic E-state index is 0.487. The first kappa shape index (κ1) is 14.9. The Morgan fingerprint density at radius 3 is 2.31 bits per heavy atom. The summed E-state index contributed by atoms with van der Waals surface area (Å²) in [6.45, 7) is 0. The third-order valence-electron chi connectivity index (χ3n) is 1.42. The molecule has 0 bridgehead atoms. The fourth-order valence-corrected chi connectivity index (χ4v) is 6.00. The third kappa shape index (κ3) is 4.25. The van der Waals surface area contributed by atoms with Gasteiger partial charge in [-0.25, -0.2) is 0 Å². The van der Waals surface area contributed by atoms with E-state index >= 15 is 0 Å². The number of hydrogen-bond donors (Lipinski definition) is 0. The lowest BCUT2D eigenvalue weighted by Crippen LogP contribution is -2.60. The summed E-state index contributed by atoms with van der Waals surface area (Å²) < 4.78 is 37.5. The Balaban J connectivity index is 3.12. The summed E-state index contributed by atoms with van der Waals surface area (Å²) in [4.78, 5) is 0. The molecule has 1 rings (SSSR count). The molecule has 1 aliphatic rings. The Morgan fingerprint density at radius 2 is 1.88 bits per heavy atom. The maximum Gasteiger partial charge on any atom is 0.159 e. The van der Waals surface area contributed by atoms with Crippen molar-refractivity contribution in [1.29, 1.82) is 0 Å². The zero-order valence-corrected chi connectivity index (χ0v) is 12.2. The van der Waals surface area contributed by atoms with E-state index in [1.165, 1.54) is 23.5 Å². The summed E-state index contributed by atoms with van der Waals surface area (Å²) in [5.41, 5.74) is 0. The van der Waals surface area contributed by atoms with Crippen LogP contribution in [0, 0.1) is 10.2 Å². The van der Waals surface area contributed by atoms with Gasteiger partial charge in [0, 0.05) is 5.03 Å². The third-order valence-corrected chi connectivity index (χ3v) is 6.67. The van der Waals surface area contributed by atoms with Crippen molar-refractivity contribution in [1.82, 2.24) is 0 Å². The van der Waals surface area contributed by atoms with E-state index in [0.717, 1.165) is 0 Å². The molecule has 0 spiro atoms. The van der Waals surface area contributed by atoms with E-state index < -0.39 is 21.0 Å². The number of thioether (sulfide) groups is 2. The summed E-state index contributed by atoms with van der Waals surface area (Å²) in [6, 6.07) is 0. The van der Waals surface area contributed by atoms with Gasteiger partial charge in [0.2, 0.25) is 0 Å². The monoisotopic (exact) mass is 322 g/mol. The van der Waals surface area contributed by atoms with Gasteiger partial charge >= 0.3 is 0 Å². The van der Waals surface area contributed by atoms with Crippen LogP contribution in [0.15, 0.2) is 21.4 Å². The molecule has 0 fully saturated rings. The smallest absolute Gasteiger partial charge is 0.159 e. The Kier molecular flexibility index (Phi) is 5.69. The number of rotatable bonds is 3. The van der Waals surface area contributed by atoms with Crippen LogP contribution in [0.1, 0.15) is 0 Å². The average Bonchev–Trinajstić information content (AvgIpc) is 2.18. The summed E-state index contributed by atoms with van der Waals surface area (Å²) in [5.74, 6) is 0. The van der Waals surface area contributed by atoms with Crippen LogP contribution >= 0.6 is 45.9 Å². The van der Waals surface area contributed by atoms with E-state index in [1.807, 2.05) is 0 Å². The lowest BCUT2D eigenvalue weighted by atomic mass is 10.5. The maximum atomic E-state index is 10.6. The first-order valence-corrected chi connectivity index (χ1v) is 8.97. The van der Waals surface area contributed by atoms with Gasteiger partial charge in [0.25, 0.3) is 0 Å². The second-order valence-corrected chi connectivity index (χ2v) is 7.76. The largest absolute Gasteiger partial charge is 0.182 e. The van der Waals surface area contributed by atoms with E-state index in [0.29, 0.717) is 13.5 Å². The van der Waals surface area contributed by atoms with Gasteiger partial charge in [-0.2, -0.15) is 14.0 Å². The molecule has 0 saturated carbocycles. The highest BCUT2D eigenvalue weighted by molar-refractivity contribution is 8.38. The molecular formula is C7H8Cl2O4S3. The molecule has 0 saturated heterocycles. The van der Waals surface area contributed by atoms with Crippen molar-refractivity contribution in [2.75, 3.05) is 12.5 Å². The van der Waals surface area contributed by atoms with E-state index in [2.05, 4.69) is 3.74 Å². The van der Waals surface area contributed by atoms with Crippen LogP contribution in [0.25, 0.3) is 0 Å². The standard InChI is InChI=1S/C7H8Cl2O4S3/c1-14-6-3-5(8)4-7(15-2)16(6)13-9(10,11)12/h3-4H,1-2H3. The zero-order chi connectivity index (χ0) is 12.3. The Hall–Kier alpha value is 0.820. The van der Waals surface area contributed by atoms with Crippen molar-refractivity contribution in [3.63, 3.8) is 0 Å². The van der Waals surface area contributed by atoms with Crippen LogP contribution < -0.4 is 14.0 Å². The molecule has 0 aliphatic carbocycles. The summed E-state index contributed by atoms with van der Waals surface area (Å²) >= 11 is 8.45. The Morgan fingerprint density at radius 1 is 1.25 bits per heavy atom. The first-order chi connectivity index (χ1) is 7.37. The predicted molar refractivity (Wildman–Crippen MR) is 62.7 cm³/mol. The fraction of sp³-hybridized carbons (Fsp3) is 0.286. The quantitative estimate of drug-likeness (QED) is 0.676. The van der Waals surface area contributed by atoms with Crippen molar-refractivity contribution in [3.05, 3.63) is 21.4 Å². The van der Waals surface area contributed by atoms with Gasteiger partial charge in [-0.15, -0.1) is 23.5 Å². The molecule has 1 aliphatic heterocycles. The maximum absolute atomic E-state index is 10.6. The molecule has 0 aromatic heterocycles. The molecular weight excluding hydrogens is 315 g/mol. The molecule has 92 valence electrons. The SMILES string of the molecule is CSC1=CC(Cl)=CC(SC)=S1O[Cl+3]([O-])([O-])[O-]. The molecule has 0 amide bonds. The van der Waals surface area contributed by atoms with Crippen molar-refractivity contribution in [3.8, 4) is 0 Å². The number of hydrogen-bond acceptors (Lipinski definition) is 6. The number of halogens is 2. The van der Waals surface area contributed by atoms with E-state index in [1.54, 1.807) is 24.7 Å². The van der Waals surface area contributed by atoms with Crippen LogP contribution in [-0.4, -0.2) is 16.7 Å². The van der Waals surface area contributed by atoms with Crippen LogP contribution in [-0.2, 0) is 3.74 Å². The van der Waals surface area contributed by atoms with Gasteiger partial charge in [0.05, 0.1) is 18.7 Å². The van der Waals surface area contributed by atoms with Crippen molar-refractivity contribution in [2.45, 2.75) is 0 Å². The van der Waals surface area contributed by atoms with E-state index in [4.69, 9.17) is 11.6 Å². The van der Waals surface area contributed by atoms with Crippen LogP contribution in [0.2, 0.25) is 0 Å². The number of allylic oxidation sites excluding steroid dienone is 2. The second-order valence-electron chi connectivity index (χ2n) is 2.43. The Labute approximate surface area is 112 Å². The predicted octanol–water partition coefficient (Wildman–Crippen LogP) is -0.0822. The van der Waals surface area contributed by atoms with Crippen LogP contribution in [0.4, 0.5) is 0 Å². The molecule has 16 heavy (non-hydrogen) atoms. The normalized spacial score (nSPS) is 21.9. The fourth-order valence-electron chi connectivity index (χ4n) is 0.881.